The van der Waals surface area contributed by atoms with Crippen molar-refractivity contribution >= 4 is 16.5 Å². The summed E-state index contributed by atoms with van der Waals surface area (Å²) < 4.78 is 0. The van der Waals surface area contributed by atoms with Crippen molar-refractivity contribution < 1.29 is 5.11 Å². The molecule has 0 radical (unpaired) electrons. The van der Waals surface area contributed by atoms with Gasteiger partial charge in [0.15, 0.2) is 5.13 Å². The molecular weight excluding hydrogens is 184 g/mol. The van der Waals surface area contributed by atoms with Gasteiger partial charge >= 0.3 is 0 Å². The van der Waals surface area contributed by atoms with Crippen LogP contribution in [0.4, 0.5) is 5.13 Å². The second-order valence-corrected chi connectivity index (χ2v) is 4.77. The molecule has 1 rings (SSSR count). The fourth-order valence-electron chi connectivity index (χ4n) is 0.845. The average Bonchev–Trinajstić information content (AvgIpc) is 2.47. The predicted molar refractivity (Wildman–Crippen MR) is 56.3 cm³/mol. The number of thiazole rings is 1. The maximum atomic E-state index is 9.46. The molecule has 0 aliphatic carbocycles. The van der Waals surface area contributed by atoms with Gasteiger partial charge in [-0.15, -0.1) is 11.3 Å². The van der Waals surface area contributed by atoms with E-state index in [0.717, 1.165) is 11.6 Å². The van der Waals surface area contributed by atoms with Gasteiger partial charge in [-0.3, -0.25) is 0 Å². The topological polar surface area (TPSA) is 45.2 Å². The van der Waals surface area contributed by atoms with Crippen LogP contribution in [0.1, 0.15) is 25.6 Å². The van der Waals surface area contributed by atoms with E-state index >= 15 is 0 Å². The average molecular weight is 200 g/mol. The zero-order valence-corrected chi connectivity index (χ0v) is 9.11. The molecule has 0 aliphatic heterocycles. The van der Waals surface area contributed by atoms with Gasteiger partial charge in [0.05, 0.1) is 5.60 Å². The summed E-state index contributed by atoms with van der Waals surface area (Å²) in [6.07, 6.45) is 2.89. The summed E-state index contributed by atoms with van der Waals surface area (Å²) in [5, 5.41) is 13.4. The highest BCUT2D eigenvalue weighted by atomic mass is 32.1. The van der Waals surface area contributed by atoms with Crippen molar-refractivity contribution in [2.75, 3.05) is 11.9 Å². The Labute approximate surface area is 82.8 Å². The number of aryl methyl sites for hydroxylation is 1. The van der Waals surface area contributed by atoms with Gasteiger partial charge in [0.25, 0.3) is 0 Å². The Morgan fingerprint density at radius 1 is 1.62 bits per heavy atom. The second-order valence-electron chi connectivity index (χ2n) is 3.65. The van der Waals surface area contributed by atoms with Crippen molar-refractivity contribution in [2.45, 2.75) is 32.8 Å². The second kappa shape index (κ2) is 4.07. The largest absolute Gasteiger partial charge is 0.389 e. The van der Waals surface area contributed by atoms with Crippen LogP contribution >= 0.6 is 11.3 Å². The van der Waals surface area contributed by atoms with Gasteiger partial charge in [0.1, 0.15) is 0 Å². The molecule has 1 aromatic heterocycles. The quantitative estimate of drug-likeness (QED) is 0.780. The van der Waals surface area contributed by atoms with Crippen LogP contribution in [0.15, 0.2) is 6.20 Å². The monoisotopic (exact) mass is 200 g/mol. The normalized spacial score (nSPS) is 11.7. The first-order valence-corrected chi connectivity index (χ1v) is 5.24. The molecule has 0 amide bonds. The lowest BCUT2D eigenvalue weighted by Gasteiger charge is -2.16. The molecule has 0 spiro atoms. The van der Waals surface area contributed by atoms with E-state index in [2.05, 4.69) is 17.2 Å². The summed E-state index contributed by atoms with van der Waals surface area (Å²) in [6.45, 7) is 6.18. The summed E-state index contributed by atoms with van der Waals surface area (Å²) in [7, 11) is 0. The zero-order valence-electron chi connectivity index (χ0n) is 8.29. The van der Waals surface area contributed by atoms with E-state index in [1.807, 2.05) is 6.20 Å². The predicted octanol–water partition coefficient (Wildman–Crippen LogP) is 1.89. The minimum atomic E-state index is -0.682. The number of aromatic nitrogens is 1. The molecule has 0 fully saturated rings. The lowest BCUT2D eigenvalue weighted by molar-refractivity contribution is 0.0945. The number of aliphatic hydroxyl groups is 1. The summed E-state index contributed by atoms with van der Waals surface area (Å²) >= 11 is 1.64. The summed E-state index contributed by atoms with van der Waals surface area (Å²) in [5.41, 5.74) is -0.682. The van der Waals surface area contributed by atoms with Crippen LogP contribution < -0.4 is 5.32 Å². The first kappa shape index (κ1) is 10.5. The van der Waals surface area contributed by atoms with Crippen molar-refractivity contribution in [3.05, 3.63) is 11.1 Å². The van der Waals surface area contributed by atoms with Gasteiger partial charge in [0.2, 0.25) is 0 Å². The molecule has 0 saturated heterocycles. The van der Waals surface area contributed by atoms with Crippen molar-refractivity contribution in [3.63, 3.8) is 0 Å². The van der Waals surface area contributed by atoms with Crippen molar-refractivity contribution in [1.82, 2.24) is 4.98 Å². The van der Waals surface area contributed by atoms with Crippen LogP contribution in [0.25, 0.3) is 0 Å². The Morgan fingerprint density at radius 2 is 2.31 bits per heavy atom. The molecule has 0 atom stereocenters. The molecule has 13 heavy (non-hydrogen) atoms. The standard InChI is InChI=1S/C9H16N2OS/c1-4-7-5-10-8(13-7)11-6-9(2,3)12/h5,12H,4,6H2,1-3H3,(H,10,11). The molecule has 2 N–H and O–H groups in total. The van der Waals surface area contributed by atoms with Gasteiger partial charge in [-0.1, -0.05) is 6.92 Å². The third-order valence-electron chi connectivity index (χ3n) is 1.57. The van der Waals surface area contributed by atoms with Crippen molar-refractivity contribution in [1.29, 1.82) is 0 Å². The van der Waals surface area contributed by atoms with E-state index in [4.69, 9.17) is 0 Å². The fourth-order valence-corrected chi connectivity index (χ4v) is 1.59. The molecule has 3 nitrogen and oxygen atoms in total. The summed E-state index contributed by atoms with van der Waals surface area (Å²) in [4.78, 5) is 5.45. The van der Waals surface area contributed by atoms with E-state index in [1.54, 1.807) is 25.2 Å². The van der Waals surface area contributed by atoms with Crippen LogP contribution in [0, 0.1) is 0 Å². The maximum Gasteiger partial charge on any atom is 0.182 e. The highest BCUT2D eigenvalue weighted by molar-refractivity contribution is 7.15. The van der Waals surface area contributed by atoms with Gasteiger partial charge in [0, 0.05) is 17.6 Å². The molecule has 0 unspecified atom stereocenters. The third-order valence-corrected chi connectivity index (χ3v) is 2.67. The number of nitrogens with zero attached hydrogens (tertiary/aromatic N) is 1. The van der Waals surface area contributed by atoms with Crippen LogP contribution in [0.5, 0.6) is 0 Å². The maximum absolute atomic E-state index is 9.46. The molecule has 0 saturated carbocycles. The van der Waals surface area contributed by atoms with Gasteiger partial charge in [-0.2, -0.15) is 0 Å². The first-order chi connectivity index (χ1) is 6.01. The van der Waals surface area contributed by atoms with Gasteiger partial charge in [-0.25, -0.2) is 4.98 Å². The van der Waals surface area contributed by atoms with Crippen molar-refractivity contribution in [3.8, 4) is 0 Å². The molecule has 4 heteroatoms. The fraction of sp³-hybridized carbons (Fsp3) is 0.667. The third kappa shape index (κ3) is 3.74. The Balaban J connectivity index is 2.46. The lowest BCUT2D eigenvalue weighted by atomic mass is 10.1. The van der Waals surface area contributed by atoms with E-state index in [-0.39, 0.29) is 0 Å². The van der Waals surface area contributed by atoms with E-state index in [1.165, 1.54) is 4.88 Å². The smallest absolute Gasteiger partial charge is 0.182 e. The van der Waals surface area contributed by atoms with Crippen LogP contribution in [0.3, 0.4) is 0 Å². The number of rotatable bonds is 4. The van der Waals surface area contributed by atoms with Gasteiger partial charge < -0.3 is 10.4 Å². The molecule has 0 bridgehead atoms. The number of nitrogens with one attached hydrogen (secondary N) is 1. The number of hydrogen-bond acceptors (Lipinski definition) is 4. The number of hydrogen-bond donors (Lipinski definition) is 2. The van der Waals surface area contributed by atoms with E-state index in [9.17, 15) is 5.11 Å². The van der Waals surface area contributed by atoms with Crippen LogP contribution in [-0.4, -0.2) is 22.2 Å². The lowest BCUT2D eigenvalue weighted by Crippen LogP contribution is -2.29. The van der Waals surface area contributed by atoms with Crippen LogP contribution in [0.2, 0.25) is 0 Å². The highest BCUT2D eigenvalue weighted by Crippen LogP contribution is 2.18. The summed E-state index contributed by atoms with van der Waals surface area (Å²) in [5.74, 6) is 0. The van der Waals surface area contributed by atoms with E-state index in [0.29, 0.717) is 6.54 Å². The minimum Gasteiger partial charge on any atom is -0.389 e. The Kier molecular flexibility index (Phi) is 3.27. The number of anilines is 1. The molecular formula is C9H16N2OS. The zero-order chi connectivity index (χ0) is 9.90. The molecule has 0 aliphatic rings. The van der Waals surface area contributed by atoms with Gasteiger partial charge in [-0.05, 0) is 20.3 Å². The van der Waals surface area contributed by atoms with Crippen molar-refractivity contribution in [2.24, 2.45) is 0 Å². The Bertz CT molecular complexity index is 265. The molecule has 0 aromatic carbocycles. The Morgan fingerprint density at radius 3 is 2.77 bits per heavy atom. The molecule has 1 heterocycles. The molecule has 1 aromatic rings. The summed E-state index contributed by atoms with van der Waals surface area (Å²) in [6, 6.07) is 0. The molecule has 74 valence electrons. The van der Waals surface area contributed by atoms with Crippen LogP contribution in [-0.2, 0) is 6.42 Å². The first-order valence-electron chi connectivity index (χ1n) is 4.42. The Hall–Kier alpha value is -0.610. The minimum absolute atomic E-state index is 0.531. The highest BCUT2D eigenvalue weighted by Gasteiger charge is 2.12. The van der Waals surface area contributed by atoms with E-state index < -0.39 is 5.60 Å². The SMILES string of the molecule is CCc1cnc(NCC(C)(C)O)s1.